The summed E-state index contributed by atoms with van der Waals surface area (Å²) >= 11 is 0. The molecule has 0 aliphatic carbocycles. The van der Waals surface area contributed by atoms with Crippen LogP contribution in [0.3, 0.4) is 0 Å². The zero-order chi connectivity index (χ0) is 31.7. The Morgan fingerprint density at radius 3 is 2.10 bits per heavy atom. The van der Waals surface area contributed by atoms with Gasteiger partial charge < -0.3 is 25.0 Å². The quantitative estimate of drug-likeness (QED) is 0.288. The van der Waals surface area contributed by atoms with Crippen LogP contribution >= 0.6 is 0 Å². The minimum atomic E-state index is -1.13. The van der Waals surface area contributed by atoms with E-state index in [9.17, 15) is 19.2 Å². The summed E-state index contributed by atoms with van der Waals surface area (Å²) in [6.45, 7) is 17.6. The van der Waals surface area contributed by atoms with Gasteiger partial charge in [0.25, 0.3) is 0 Å². The number of hydrogen-bond donors (Lipinski definition) is 2. The molecule has 2 aromatic rings. The van der Waals surface area contributed by atoms with E-state index >= 15 is 0 Å². The second-order valence-electron chi connectivity index (χ2n) is 12.2. The molecule has 0 radical (unpaired) electrons. The highest BCUT2D eigenvalue weighted by atomic mass is 16.6. The van der Waals surface area contributed by atoms with Crippen LogP contribution in [-0.4, -0.2) is 59.1 Å². The fourth-order valence-corrected chi connectivity index (χ4v) is 4.30. The van der Waals surface area contributed by atoms with Gasteiger partial charge in [-0.15, -0.1) is 6.58 Å². The molecule has 0 saturated heterocycles. The van der Waals surface area contributed by atoms with Crippen LogP contribution in [0.4, 0.5) is 4.79 Å². The van der Waals surface area contributed by atoms with E-state index < -0.39 is 53.7 Å². The molecule has 0 bridgehead atoms. The van der Waals surface area contributed by atoms with E-state index in [0.717, 1.165) is 16.7 Å². The highest BCUT2D eigenvalue weighted by molar-refractivity contribution is 5.93. The van der Waals surface area contributed by atoms with E-state index in [1.54, 1.807) is 47.6 Å². The van der Waals surface area contributed by atoms with Crippen molar-refractivity contribution in [3.8, 4) is 0 Å². The number of amides is 3. The molecule has 9 heteroatoms. The summed E-state index contributed by atoms with van der Waals surface area (Å²) in [5, 5.41) is 5.34. The van der Waals surface area contributed by atoms with Crippen molar-refractivity contribution in [3.05, 3.63) is 83.4 Å². The number of benzene rings is 2. The van der Waals surface area contributed by atoms with Crippen molar-refractivity contribution < 1.29 is 28.7 Å². The number of nitrogens with zero attached hydrogens (tertiary/aromatic N) is 1. The lowest BCUT2D eigenvalue weighted by molar-refractivity contribution is -0.159. The van der Waals surface area contributed by atoms with Gasteiger partial charge in [-0.05, 0) is 72.1 Å². The maximum atomic E-state index is 14.1. The molecule has 0 fully saturated rings. The molecule has 0 aromatic heterocycles. The zero-order valence-corrected chi connectivity index (χ0v) is 26.1. The summed E-state index contributed by atoms with van der Waals surface area (Å²) in [7, 11) is 0. The normalized spacial score (nSPS) is 12.9. The second-order valence-corrected chi connectivity index (χ2v) is 12.2. The first-order valence-corrected chi connectivity index (χ1v) is 14.0. The summed E-state index contributed by atoms with van der Waals surface area (Å²) in [5.41, 5.74) is 1.66. The van der Waals surface area contributed by atoms with Crippen molar-refractivity contribution in [1.29, 1.82) is 0 Å². The van der Waals surface area contributed by atoms with Crippen LogP contribution in [0.25, 0.3) is 0 Å². The molecule has 2 rings (SSSR count). The minimum absolute atomic E-state index is 0.00994. The van der Waals surface area contributed by atoms with Gasteiger partial charge >= 0.3 is 12.1 Å². The Labute approximate surface area is 249 Å². The number of hydrogen-bond acceptors (Lipinski definition) is 6. The van der Waals surface area contributed by atoms with E-state index in [1.165, 1.54) is 11.0 Å². The Bertz CT molecular complexity index is 1260. The lowest BCUT2D eigenvalue weighted by atomic mass is 9.96. The number of carbonyl (C=O) groups is 4. The summed E-state index contributed by atoms with van der Waals surface area (Å²) in [4.78, 5) is 54.6. The smallest absolute Gasteiger partial charge is 0.408 e. The van der Waals surface area contributed by atoms with Crippen LogP contribution in [-0.2, 0) is 30.3 Å². The zero-order valence-electron chi connectivity index (χ0n) is 26.1. The Hall–Kier alpha value is -4.14. The molecule has 2 unspecified atom stereocenters. The predicted octanol–water partition coefficient (Wildman–Crippen LogP) is 4.95. The minimum Gasteiger partial charge on any atom is -0.458 e. The van der Waals surface area contributed by atoms with E-state index in [4.69, 9.17) is 9.47 Å². The summed E-state index contributed by atoms with van der Waals surface area (Å²) < 4.78 is 10.9. The van der Waals surface area contributed by atoms with Gasteiger partial charge in [0.15, 0.2) is 0 Å². The Morgan fingerprint density at radius 1 is 0.929 bits per heavy atom. The SMILES string of the molecule is C=CCN(C(=O)CNC(=O)OC(C)(C)C)C(C(=O)NC(Cc1ccccc1)C(=O)OC(C)(C)C)c1ccc(C)cc1C. The number of alkyl carbamates (subject to hydrolysis) is 1. The maximum Gasteiger partial charge on any atom is 0.408 e. The summed E-state index contributed by atoms with van der Waals surface area (Å²) in [5.74, 6) is -1.69. The lowest BCUT2D eigenvalue weighted by Crippen LogP contribution is -2.52. The van der Waals surface area contributed by atoms with E-state index in [2.05, 4.69) is 17.2 Å². The van der Waals surface area contributed by atoms with Crippen molar-refractivity contribution >= 4 is 23.9 Å². The second kappa shape index (κ2) is 14.7. The fraction of sp³-hybridized carbons (Fsp3) is 0.455. The van der Waals surface area contributed by atoms with Crippen molar-refractivity contribution in [2.45, 2.75) is 85.1 Å². The Morgan fingerprint density at radius 2 is 1.55 bits per heavy atom. The molecule has 2 N–H and O–H groups in total. The molecule has 0 heterocycles. The molecule has 9 nitrogen and oxygen atoms in total. The number of ether oxygens (including phenoxy) is 2. The predicted molar refractivity (Wildman–Crippen MR) is 163 cm³/mol. The van der Waals surface area contributed by atoms with Crippen LogP contribution < -0.4 is 10.6 Å². The Balaban J connectivity index is 2.48. The highest BCUT2D eigenvalue weighted by Crippen LogP contribution is 2.26. The molecule has 2 aromatic carbocycles. The van der Waals surface area contributed by atoms with Gasteiger partial charge in [-0.1, -0.05) is 60.2 Å². The molecule has 0 aliphatic rings. The number of carbonyl (C=O) groups excluding carboxylic acids is 4. The van der Waals surface area contributed by atoms with Gasteiger partial charge in [0.2, 0.25) is 11.8 Å². The third-order valence-corrected chi connectivity index (χ3v) is 6.00. The molecule has 0 saturated carbocycles. The Kier molecular flexibility index (Phi) is 11.9. The first-order chi connectivity index (χ1) is 19.5. The van der Waals surface area contributed by atoms with Crippen molar-refractivity contribution in [2.24, 2.45) is 0 Å². The molecule has 2 atom stereocenters. The molecule has 228 valence electrons. The third-order valence-electron chi connectivity index (χ3n) is 6.00. The maximum absolute atomic E-state index is 14.1. The third kappa shape index (κ3) is 11.0. The summed E-state index contributed by atoms with van der Waals surface area (Å²) in [6, 6.07) is 12.7. The number of esters is 1. The first-order valence-electron chi connectivity index (χ1n) is 14.0. The monoisotopic (exact) mass is 579 g/mol. The van der Waals surface area contributed by atoms with Crippen LogP contribution in [0.2, 0.25) is 0 Å². The average molecular weight is 580 g/mol. The van der Waals surface area contributed by atoms with E-state index in [0.29, 0.717) is 5.56 Å². The average Bonchev–Trinajstić information content (AvgIpc) is 2.86. The van der Waals surface area contributed by atoms with Gasteiger partial charge in [0.05, 0.1) is 0 Å². The molecule has 42 heavy (non-hydrogen) atoms. The largest absolute Gasteiger partial charge is 0.458 e. The van der Waals surface area contributed by atoms with Gasteiger partial charge in [-0.2, -0.15) is 0 Å². The summed E-state index contributed by atoms with van der Waals surface area (Å²) in [6.07, 6.45) is 0.941. The van der Waals surface area contributed by atoms with Gasteiger partial charge in [0, 0.05) is 13.0 Å². The first kappa shape index (κ1) is 34.1. The van der Waals surface area contributed by atoms with Crippen molar-refractivity contribution in [3.63, 3.8) is 0 Å². The van der Waals surface area contributed by atoms with Gasteiger partial charge in [0.1, 0.15) is 29.8 Å². The van der Waals surface area contributed by atoms with Crippen molar-refractivity contribution in [1.82, 2.24) is 15.5 Å². The lowest BCUT2D eigenvalue weighted by Gasteiger charge is -2.33. The van der Waals surface area contributed by atoms with Gasteiger partial charge in [-0.3, -0.25) is 9.59 Å². The van der Waals surface area contributed by atoms with Crippen LogP contribution in [0.1, 0.15) is 69.8 Å². The van der Waals surface area contributed by atoms with Crippen LogP contribution in [0.15, 0.2) is 61.2 Å². The number of aryl methyl sites for hydroxylation is 2. The van der Waals surface area contributed by atoms with E-state index in [-0.39, 0.29) is 13.0 Å². The standard InChI is InChI=1S/C33H45N3O6/c1-10-18-36(27(37)21-34-31(40)42-33(7,8)9)28(25-17-16-22(2)19-23(25)3)29(38)35-26(30(39)41-32(4,5)6)20-24-14-12-11-13-15-24/h10-17,19,26,28H,1,18,20-21H2,2-9H3,(H,34,40)(H,35,38). The number of rotatable bonds is 11. The topological polar surface area (TPSA) is 114 Å². The molecule has 0 spiro atoms. The number of nitrogens with one attached hydrogen (secondary N) is 2. The molecule has 3 amide bonds. The van der Waals surface area contributed by atoms with Crippen LogP contribution in [0, 0.1) is 13.8 Å². The van der Waals surface area contributed by atoms with Crippen LogP contribution in [0.5, 0.6) is 0 Å². The molecular weight excluding hydrogens is 534 g/mol. The van der Waals surface area contributed by atoms with Crippen molar-refractivity contribution in [2.75, 3.05) is 13.1 Å². The van der Waals surface area contributed by atoms with E-state index in [1.807, 2.05) is 56.3 Å². The highest BCUT2D eigenvalue weighted by Gasteiger charge is 2.35. The van der Waals surface area contributed by atoms with Gasteiger partial charge in [-0.25, -0.2) is 9.59 Å². The molecule has 0 aliphatic heterocycles. The fourth-order valence-electron chi connectivity index (χ4n) is 4.30. The molecular formula is C33H45N3O6.